The molecular formula is C11H12N2O4. The molecule has 0 amide bonds. The third-order valence-electron chi connectivity index (χ3n) is 2.82. The summed E-state index contributed by atoms with van der Waals surface area (Å²) in [5, 5.41) is 22.6. The third-order valence-corrected chi connectivity index (χ3v) is 2.82. The normalized spacial score (nSPS) is 16.3. The van der Waals surface area contributed by atoms with Gasteiger partial charge in [-0.05, 0) is 31.4 Å². The highest BCUT2D eigenvalue weighted by atomic mass is 16.6. The van der Waals surface area contributed by atoms with Gasteiger partial charge in [0, 0.05) is 17.8 Å². The Morgan fingerprint density at radius 1 is 1.47 bits per heavy atom. The number of carbonyl (C=O) groups is 1. The van der Waals surface area contributed by atoms with Crippen molar-refractivity contribution < 1.29 is 14.8 Å². The van der Waals surface area contributed by atoms with Gasteiger partial charge >= 0.3 is 5.97 Å². The van der Waals surface area contributed by atoms with E-state index in [4.69, 9.17) is 5.11 Å². The zero-order valence-electron chi connectivity index (χ0n) is 9.27. The lowest BCUT2D eigenvalue weighted by atomic mass is 10.1. The van der Waals surface area contributed by atoms with Gasteiger partial charge in [0.2, 0.25) is 0 Å². The zero-order valence-corrected chi connectivity index (χ0v) is 9.27. The fraction of sp³-hybridized carbons (Fsp3) is 0.364. The lowest BCUT2D eigenvalue weighted by molar-refractivity contribution is -0.384. The van der Waals surface area contributed by atoms with E-state index in [0.29, 0.717) is 18.5 Å². The lowest BCUT2D eigenvalue weighted by Gasteiger charge is -2.14. The highest BCUT2D eigenvalue weighted by Crippen LogP contribution is 2.39. The predicted octanol–water partition coefficient (Wildman–Crippen LogP) is 1.93. The molecule has 2 N–H and O–H groups in total. The number of anilines is 1. The highest BCUT2D eigenvalue weighted by molar-refractivity contribution is 5.86. The van der Waals surface area contributed by atoms with E-state index in [1.807, 2.05) is 0 Å². The van der Waals surface area contributed by atoms with Crippen molar-refractivity contribution >= 4 is 17.3 Å². The van der Waals surface area contributed by atoms with Gasteiger partial charge in [-0.25, -0.2) is 4.79 Å². The standard InChI is InChI=1S/C11H12N2O4/c1-7-4-8(6-9(5-7)13(16)17)12-11(2-3-11)10(14)15/h4-6,12H,2-3H2,1H3,(H,14,15). The first-order chi connectivity index (χ1) is 7.93. The first-order valence-corrected chi connectivity index (χ1v) is 5.21. The van der Waals surface area contributed by atoms with Crippen molar-refractivity contribution in [1.29, 1.82) is 0 Å². The Hall–Kier alpha value is -2.11. The number of benzene rings is 1. The monoisotopic (exact) mass is 236 g/mol. The molecule has 1 aliphatic rings. The minimum Gasteiger partial charge on any atom is -0.480 e. The summed E-state index contributed by atoms with van der Waals surface area (Å²) >= 11 is 0. The van der Waals surface area contributed by atoms with Crippen molar-refractivity contribution in [1.82, 2.24) is 0 Å². The highest BCUT2D eigenvalue weighted by Gasteiger charge is 2.50. The van der Waals surface area contributed by atoms with Crippen molar-refractivity contribution in [2.45, 2.75) is 25.3 Å². The molecule has 0 unspecified atom stereocenters. The molecular weight excluding hydrogens is 224 g/mol. The molecule has 0 saturated heterocycles. The zero-order chi connectivity index (χ0) is 12.6. The Morgan fingerprint density at radius 3 is 2.59 bits per heavy atom. The van der Waals surface area contributed by atoms with Crippen molar-refractivity contribution in [3.63, 3.8) is 0 Å². The van der Waals surface area contributed by atoms with E-state index in [-0.39, 0.29) is 5.69 Å². The van der Waals surface area contributed by atoms with E-state index in [0.717, 1.165) is 5.56 Å². The molecule has 0 heterocycles. The molecule has 6 nitrogen and oxygen atoms in total. The number of aryl methyl sites for hydroxylation is 1. The number of non-ortho nitro benzene ring substituents is 1. The Kier molecular flexibility index (Phi) is 2.49. The molecule has 1 aromatic carbocycles. The van der Waals surface area contributed by atoms with Crippen LogP contribution in [0.4, 0.5) is 11.4 Å². The van der Waals surface area contributed by atoms with Gasteiger partial charge in [0.1, 0.15) is 5.54 Å². The number of hydrogen-bond donors (Lipinski definition) is 2. The number of carboxylic acid groups (broad SMARTS) is 1. The molecule has 0 spiro atoms. The molecule has 6 heteroatoms. The predicted molar refractivity (Wildman–Crippen MR) is 61.1 cm³/mol. The summed E-state index contributed by atoms with van der Waals surface area (Å²) in [5.41, 5.74) is 0.245. The van der Waals surface area contributed by atoms with Crippen molar-refractivity contribution in [2.24, 2.45) is 0 Å². The van der Waals surface area contributed by atoms with Gasteiger partial charge in [-0.3, -0.25) is 10.1 Å². The molecule has 90 valence electrons. The number of nitro groups is 1. The summed E-state index contributed by atoms with van der Waals surface area (Å²) in [5.74, 6) is -0.915. The molecule has 0 atom stereocenters. The SMILES string of the molecule is Cc1cc(NC2(C(=O)O)CC2)cc([N+](=O)[O-])c1. The summed E-state index contributed by atoms with van der Waals surface area (Å²) in [6.45, 7) is 1.73. The molecule has 0 radical (unpaired) electrons. The number of aliphatic carboxylic acids is 1. The molecule has 0 aliphatic heterocycles. The second-order valence-corrected chi connectivity index (χ2v) is 4.33. The molecule has 2 rings (SSSR count). The van der Waals surface area contributed by atoms with E-state index in [2.05, 4.69) is 5.32 Å². The Labute approximate surface area is 97.4 Å². The van der Waals surface area contributed by atoms with Crippen LogP contribution in [0.3, 0.4) is 0 Å². The van der Waals surface area contributed by atoms with Crippen LogP contribution >= 0.6 is 0 Å². The summed E-state index contributed by atoms with van der Waals surface area (Å²) < 4.78 is 0. The second kappa shape index (κ2) is 3.73. The Morgan fingerprint density at radius 2 is 2.12 bits per heavy atom. The molecule has 17 heavy (non-hydrogen) atoms. The molecule has 0 bridgehead atoms. The lowest BCUT2D eigenvalue weighted by Crippen LogP contribution is -2.31. The van der Waals surface area contributed by atoms with Crippen LogP contribution in [-0.2, 0) is 4.79 Å². The maximum Gasteiger partial charge on any atom is 0.329 e. The summed E-state index contributed by atoms with van der Waals surface area (Å²) in [4.78, 5) is 21.2. The minimum atomic E-state index is -0.929. The van der Waals surface area contributed by atoms with Crippen LogP contribution in [-0.4, -0.2) is 21.5 Å². The minimum absolute atomic E-state index is 0.0336. The van der Waals surface area contributed by atoms with Crippen LogP contribution in [0, 0.1) is 17.0 Å². The van der Waals surface area contributed by atoms with Crippen LogP contribution in [0.5, 0.6) is 0 Å². The van der Waals surface area contributed by atoms with Crippen LogP contribution in [0.15, 0.2) is 18.2 Å². The number of nitrogens with one attached hydrogen (secondary N) is 1. The number of nitrogens with zero attached hydrogens (tertiary/aromatic N) is 1. The average molecular weight is 236 g/mol. The van der Waals surface area contributed by atoms with Gasteiger partial charge in [0.25, 0.3) is 5.69 Å². The topological polar surface area (TPSA) is 92.5 Å². The van der Waals surface area contributed by atoms with Crippen LogP contribution < -0.4 is 5.32 Å². The fourth-order valence-corrected chi connectivity index (χ4v) is 1.73. The molecule has 1 aliphatic carbocycles. The van der Waals surface area contributed by atoms with Gasteiger partial charge in [0.05, 0.1) is 4.92 Å². The number of hydrogen-bond acceptors (Lipinski definition) is 4. The van der Waals surface area contributed by atoms with E-state index in [1.165, 1.54) is 12.1 Å². The smallest absolute Gasteiger partial charge is 0.329 e. The van der Waals surface area contributed by atoms with Crippen LogP contribution in [0.2, 0.25) is 0 Å². The molecule has 0 aromatic heterocycles. The summed E-state index contributed by atoms with van der Waals surface area (Å²) in [6.07, 6.45) is 1.09. The van der Waals surface area contributed by atoms with Crippen molar-refractivity contribution in [2.75, 3.05) is 5.32 Å². The van der Waals surface area contributed by atoms with Gasteiger partial charge in [-0.1, -0.05) is 0 Å². The van der Waals surface area contributed by atoms with Crippen molar-refractivity contribution in [3.8, 4) is 0 Å². The van der Waals surface area contributed by atoms with Crippen molar-refractivity contribution in [3.05, 3.63) is 33.9 Å². The van der Waals surface area contributed by atoms with Gasteiger partial charge in [0.15, 0.2) is 0 Å². The fourth-order valence-electron chi connectivity index (χ4n) is 1.73. The Bertz CT molecular complexity index is 494. The maximum atomic E-state index is 11.0. The maximum absolute atomic E-state index is 11.0. The molecule has 1 fully saturated rings. The summed E-state index contributed by atoms with van der Waals surface area (Å²) in [6, 6.07) is 4.51. The first-order valence-electron chi connectivity index (χ1n) is 5.21. The van der Waals surface area contributed by atoms with E-state index in [1.54, 1.807) is 13.0 Å². The van der Waals surface area contributed by atoms with Gasteiger partial charge < -0.3 is 10.4 Å². The van der Waals surface area contributed by atoms with Crippen LogP contribution in [0.1, 0.15) is 18.4 Å². The summed E-state index contributed by atoms with van der Waals surface area (Å²) in [7, 11) is 0. The van der Waals surface area contributed by atoms with E-state index in [9.17, 15) is 14.9 Å². The quantitative estimate of drug-likeness (QED) is 0.615. The first kappa shape index (κ1) is 11.4. The number of rotatable bonds is 4. The largest absolute Gasteiger partial charge is 0.480 e. The average Bonchev–Trinajstić information content (AvgIpc) is 2.97. The molecule has 1 aromatic rings. The second-order valence-electron chi connectivity index (χ2n) is 4.33. The number of carboxylic acids is 1. The Balaban J connectivity index is 2.27. The van der Waals surface area contributed by atoms with E-state index >= 15 is 0 Å². The van der Waals surface area contributed by atoms with Gasteiger partial charge in [-0.15, -0.1) is 0 Å². The molecule has 1 saturated carbocycles. The number of nitro benzene ring substituents is 1. The van der Waals surface area contributed by atoms with E-state index < -0.39 is 16.4 Å². The third kappa shape index (κ3) is 2.20. The van der Waals surface area contributed by atoms with Crippen LogP contribution in [0.25, 0.3) is 0 Å². The van der Waals surface area contributed by atoms with Gasteiger partial charge in [-0.2, -0.15) is 0 Å².